The van der Waals surface area contributed by atoms with E-state index >= 15 is 0 Å². The molecule has 1 heterocycles. The molecule has 2 aromatic carbocycles. The van der Waals surface area contributed by atoms with Gasteiger partial charge in [0.25, 0.3) is 0 Å². The van der Waals surface area contributed by atoms with Crippen LogP contribution >= 0.6 is 0 Å². The summed E-state index contributed by atoms with van der Waals surface area (Å²) >= 11 is 0. The van der Waals surface area contributed by atoms with E-state index in [9.17, 15) is 10.2 Å². The molecule has 0 amide bonds. The van der Waals surface area contributed by atoms with Gasteiger partial charge in [0, 0.05) is 12.6 Å². The second kappa shape index (κ2) is 10.00. The quantitative estimate of drug-likeness (QED) is 0.750. The minimum absolute atomic E-state index is 0.156. The second-order valence-corrected chi connectivity index (χ2v) is 7.46. The number of rotatable bonds is 8. The molecule has 0 radical (unpaired) electrons. The van der Waals surface area contributed by atoms with Crippen molar-refractivity contribution in [1.29, 1.82) is 0 Å². The number of benzene rings is 2. The number of hydrogen-bond donors (Lipinski definition) is 2. The van der Waals surface area contributed by atoms with E-state index < -0.39 is 6.10 Å². The van der Waals surface area contributed by atoms with Gasteiger partial charge in [0.15, 0.2) is 0 Å². The lowest BCUT2D eigenvalue weighted by Gasteiger charge is -2.36. The van der Waals surface area contributed by atoms with Gasteiger partial charge in [-0.25, -0.2) is 0 Å². The van der Waals surface area contributed by atoms with Crippen LogP contribution in [0.3, 0.4) is 0 Å². The maximum atomic E-state index is 10.6. The van der Waals surface area contributed by atoms with Crippen molar-refractivity contribution < 1.29 is 14.9 Å². The normalized spacial score (nSPS) is 20.3. The van der Waals surface area contributed by atoms with Crippen LogP contribution in [0, 0.1) is 6.92 Å². The van der Waals surface area contributed by atoms with Crippen LogP contribution in [0.1, 0.15) is 42.1 Å². The molecule has 0 spiro atoms. The molecule has 3 rings (SSSR count). The summed E-state index contributed by atoms with van der Waals surface area (Å²) in [5.74, 6) is 0. The molecule has 4 nitrogen and oxygen atoms in total. The Labute approximate surface area is 162 Å². The Morgan fingerprint density at radius 1 is 1.07 bits per heavy atom. The molecule has 3 atom stereocenters. The largest absolute Gasteiger partial charge is 0.395 e. The van der Waals surface area contributed by atoms with Crippen molar-refractivity contribution in [2.75, 3.05) is 26.3 Å². The van der Waals surface area contributed by atoms with Gasteiger partial charge in [-0.3, -0.25) is 4.90 Å². The number of nitrogens with zero attached hydrogens (tertiary/aromatic N) is 1. The van der Waals surface area contributed by atoms with Gasteiger partial charge < -0.3 is 14.9 Å². The predicted octanol–water partition coefficient (Wildman–Crippen LogP) is 3.31. The molecule has 0 bridgehead atoms. The summed E-state index contributed by atoms with van der Waals surface area (Å²) in [6.45, 7) is 3.99. The third kappa shape index (κ3) is 5.39. The molecule has 1 aliphatic rings. The molecule has 0 aliphatic carbocycles. The van der Waals surface area contributed by atoms with Gasteiger partial charge in [-0.2, -0.15) is 0 Å². The van der Waals surface area contributed by atoms with Crippen molar-refractivity contribution in [2.24, 2.45) is 0 Å². The van der Waals surface area contributed by atoms with Crippen molar-refractivity contribution in [3.05, 3.63) is 71.3 Å². The summed E-state index contributed by atoms with van der Waals surface area (Å²) in [5, 5.41) is 20.1. The highest BCUT2D eigenvalue weighted by molar-refractivity contribution is 5.35. The minimum atomic E-state index is -0.576. The topological polar surface area (TPSA) is 52.9 Å². The molecule has 1 fully saturated rings. The highest BCUT2D eigenvalue weighted by Gasteiger charge is 2.25. The van der Waals surface area contributed by atoms with Crippen LogP contribution in [0.25, 0.3) is 0 Å². The van der Waals surface area contributed by atoms with Crippen molar-refractivity contribution in [2.45, 2.75) is 44.4 Å². The van der Waals surface area contributed by atoms with E-state index in [-0.39, 0.29) is 25.4 Å². The third-order valence-electron chi connectivity index (χ3n) is 5.43. The Hall–Kier alpha value is -1.72. The van der Waals surface area contributed by atoms with Crippen LogP contribution in [0.5, 0.6) is 0 Å². The van der Waals surface area contributed by atoms with Gasteiger partial charge in [0.1, 0.15) is 6.10 Å². The Balaban J connectivity index is 1.67. The zero-order chi connectivity index (χ0) is 19.1. The minimum Gasteiger partial charge on any atom is -0.395 e. The van der Waals surface area contributed by atoms with E-state index in [1.54, 1.807) is 0 Å². The first-order valence-corrected chi connectivity index (χ1v) is 9.94. The zero-order valence-corrected chi connectivity index (χ0v) is 16.1. The summed E-state index contributed by atoms with van der Waals surface area (Å²) in [5.41, 5.74) is 3.39. The fourth-order valence-electron chi connectivity index (χ4n) is 3.91. The maximum absolute atomic E-state index is 10.6. The molecule has 4 heteroatoms. The van der Waals surface area contributed by atoms with Gasteiger partial charge in [-0.15, -0.1) is 0 Å². The molecular weight excluding hydrogens is 338 g/mol. The van der Waals surface area contributed by atoms with Crippen LogP contribution in [0.15, 0.2) is 54.6 Å². The van der Waals surface area contributed by atoms with E-state index in [4.69, 9.17) is 4.74 Å². The van der Waals surface area contributed by atoms with Crippen molar-refractivity contribution in [3.63, 3.8) is 0 Å². The number of aryl methyl sites for hydroxylation is 1. The fraction of sp³-hybridized carbons (Fsp3) is 0.478. The molecule has 27 heavy (non-hydrogen) atoms. The number of piperidine rings is 1. The molecule has 146 valence electrons. The zero-order valence-electron chi connectivity index (χ0n) is 16.1. The Kier molecular flexibility index (Phi) is 7.41. The third-order valence-corrected chi connectivity index (χ3v) is 5.43. The summed E-state index contributed by atoms with van der Waals surface area (Å²) in [4.78, 5) is 2.20. The first-order valence-electron chi connectivity index (χ1n) is 9.94. The number of hydrogen-bond acceptors (Lipinski definition) is 4. The summed E-state index contributed by atoms with van der Waals surface area (Å²) < 4.78 is 6.23. The lowest BCUT2D eigenvalue weighted by Crippen LogP contribution is -2.46. The van der Waals surface area contributed by atoms with Crippen LogP contribution in [0.4, 0.5) is 0 Å². The Morgan fingerprint density at radius 2 is 1.81 bits per heavy atom. The van der Waals surface area contributed by atoms with Crippen LogP contribution < -0.4 is 0 Å². The SMILES string of the molecule is Cc1ccccc1[C@H](OC[C@@H](O)CN1CCCC[C@@H]1CO)c1ccccc1. The van der Waals surface area contributed by atoms with Gasteiger partial charge >= 0.3 is 0 Å². The van der Waals surface area contributed by atoms with Crippen LogP contribution in [-0.4, -0.2) is 53.6 Å². The van der Waals surface area contributed by atoms with Crippen molar-refractivity contribution in [1.82, 2.24) is 4.90 Å². The molecule has 2 N–H and O–H groups in total. The van der Waals surface area contributed by atoms with Crippen molar-refractivity contribution in [3.8, 4) is 0 Å². The Bertz CT molecular complexity index is 691. The van der Waals surface area contributed by atoms with Gasteiger partial charge in [-0.1, -0.05) is 61.0 Å². The average Bonchev–Trinajstić information content (AvgIpc) is 2.70. The highest BCUT2D eigenvalue weighted by atomic mass is 16.5. The molecule has 0 saturated carbocycles. The summed E-state index contributed by atoms with van der Waals surface area (Å²) in [6.07, 6.45) is 2.50. The summed E-state index contributed by atoms with van der Waals surface area (Å²) in [7, 11) is 0. The van der Waals surface area contributed by atoms with E-state index in [1.165, 1.54) is 5.56 Å². The number of β-amino-alcohol motifs (C(OH)–C–C–N with tert-alkyl or cyclic N) is 1. The van der Waals surface area contributed by atoms with Gasteiger partial charge in [0.2, 0.25) is 0 Å². The summed E-state index contributed by atoms with van der Waals surface area (Å²) in [6, 6.07) is 18.6. The molecule has 1 saturated heterocycles. The molecule has 1 aliphatic heterocycles. The van der Waals surface area contributed by atoms with E-state index in [1.807, 2.05) is 30.3 Å². The van der Waals surface area contributed by atoms with E-state index in [2.05, 4.69) is 36.1 Å². The smallest absolute Gasteiger partial charge is 0.108 e. The van der Waals surface area contributed by atoms with Gasteiger partial charge in [0.05, 0.1) is 19.3 Å². The monoisotopic (exact) mass is 369 g/mol. The fourth-order valence-corrected chi connectivity index (χ4v) is 3.91. The first-order chi connectivity index (χ1) is 13.2. The van der Waals surface area contributed by atoms with E-state index in [0.29, 0.717) is 6.54 Å². The lowest BCUT2D eigenvalue weighted by molar-refractivity contribution is -0.0238. The number of aliphatic hydroxyl groups is 2. The average molecular weight is 370 g/mol. The predicted molar refractivity (Wildman–Crippen MR) is 108 cm³/mol. The Morgan fingerprint density at radius 3 is 2.56 bits per heavy atom. The lowest BCUT2D eigenvalue weighted by atomic mass is 9.97. The van der Waals surface area contributed by atoms with E-state index in [0.717, 1.165) is 36.9 Å². The maximum Gasteiger partial charge on any atom is 0.108 e. The highest BCUT2D eigenvalue weighted by Crippen LogP contribution is 2.28. The van der Waals surface area contributed by atoms with Crippen LogP contribution in [0.2, 0.25) is 0 Å². The number of aliphatic hydroxyl groups excluding tert-OH is 2. The second-order valence-electron chi connectivity index (χ2n) is 7.46. The first kappa shape index (κ1) is 20.0. The molecule has 0 aromatic heterocycles. The number of likely N-dealkylation sites (tertiary alicyclic amines) is 1. The van der Waals surface area contributed by atoms with Crippen molar-refractivity contribution >= 4 is 0 Å². The molecule has 2 aromatic rings. The standard InChI is InChI=1S/C23H31NO3/c1-18-9-5-6-13-22(18)23(19-10-3-2-4-11-19)27-17-21(26)15-24-14-8-7-12-20(24)16-25/h2-6,9-11,13,20-21,23,25-26H,7-8,12,14-17H2,1H3/t20-,21+,23-/m1/s1. The van der Waals surface area contributed by atoms with Crippen LogP contribution in [-0.2, 0) is 4.74 Å². The molecular formula is C23H31NO3. The van der Waals surface area contributed by atoms with Gasteiger partial charge in [-0.05, 0) is 43.0 Å². The number of ether oxygens (including phenoxy) is 1. The molecule has 0 unspecified atom stereocenters.